The lowest BCUT2D eigenvalue weighted by atomic mass is 10.1. The summed E-state index contributed by atoms with van der Waals surface area (Å²) in [6, 6.07) is 5.48. The molecule has 1 aromatic carbocycles. The fourth-order valence-corrected chi connectivity index (χ4v) is 2.52. The van der Waals surface area contributed by atoms with Crippen molar-refractivity contribution in [2.45, 2.75) is 11.5 Å². The fraction of sp³-hybridized carbons (Fsp3) is 0.312. The highest BCUT2D eigenvalue weighted by Crippen LogP contribution is 2.38. The van der Waals surface area contributed by atoms with Crippen LogP contribution in [0, 0.1) is 5.41 Å². The molecule has 0 aliphatic carbocycles. The van der Waals surface area contributed by atoms with E-state index >= 15 is 0 Å². The molecule has 5 nitrogen and oxygen atoms in total. The van der Waals surface area contributed by atoms with Crippen LogP contribution in [0.15, 0.2) is 34.0 Å². The van der Waals surface area contributed by atoms with Gasteiger partial charge < -0.3 is 24.0 Å². The Hall–Kier alpha value is -2.08. The summed E-state index contributed by atoms with van der Waals surface area (Å²) >= 11 is 1.47. The van der Waals surface area contributed by atoms with Crippen molar-refractivity contribution in [2.75, 3.05) is 27.6 Å². The first kappa shape index (κ1) is 16.3. The van der Waals surface area contributed by atoms with Crippen molar-refractivity contribution < 1.29 is 18.6 Å². The van der Waals surface area contributed by atoms with Crippen LogP contribution in [0.4, 0.5) is 0 Å². The molecule has 0 aliphatic heterocycles. The third kappa shape index (κ3) is 3.39. The van der Waals surface area contributed by atoms with Crippen LogP contribution in [0.5, 0.6) is 17.2 Å². The zero-order valence-corrected chi connectivity index (χ0v) is 13.9. The minimum Gasteiger partial charge on any atom is -0.493 e. The molecule has 1 heterocycles. The van der Waals surface area contributed by atoms with Gasteiger partial charge >= 0.3 is 0 Å². The summed E-state index contributed by atoms with van der Waals surface area (Å²) in [5.41, 5.74) is 1.75. The van der Waals surface area contributed by atoms with Crippen molar-refractivity contribution in [1.29, 1.82) is 5.41 Å². The van der Waals surface area contributed by atoms with Crippen molar-refractivity contribution >= 4 is 11.8 Å². The molecular formula is C16H19NO4S. The number of methoxy groups -OCH3 is 3. The van der Waals surface area contributed by atoms with Crippen LogP contribution in [0.1, 0.15) is 11.1 Å². The molecule has 0 saturated carbocycles. The van der Waals surface area contributed by atoms with Crippen LogP contribution in [0.3, 0.4) is 0 Å². The van der Waals surface area contributed by atoms with Crippen molar-refractivity contribution in [2.24, 2.45) is 0 Å². The van der Waals surface area contributed by atoms with Crippen LogP contribution in [-0.2, 0) is 6.42 Å². The maximum Gasteiger partial charge on any atom is 0.203 e. The van der Waals surface area contributed by atoms with E-state index in [1.165, 1.54) is 11.8 Å². The normalized spacial score (nSPS) is 10.4. The van der Waals surface area contributed by atoms with E-state index in [4.69, 9.17) is 24.0 Å². The van der Waals surface area contributed by atoms with Crippen LogP contribution >= 0.6 is 11.8 Å². The number of rotatable bonds is 6. The van der Waals surface area contributed by atoms with E-state index in [1.807, 2.05) is 18.4 Å². The third-order valence-electron chi connectivity index (χ3n) is 3.25. The van der Waals surface area contributed by atoms with E-state index in [1.54, 1.807) is 33.7 Å². The first-order valence-electron chi connectivity index (χ1n) is 6.62. The van der Waals surface area contributed by atoms with Crippen LogP contribution in [0.2, 0.25) is 0 Å². The van der Waals surface area contributed by atoms with Gasteiger partial charge in [-0.15, -0.1) is 0 Å². The summed E-state index contributed by atoms with van der Waals surface area (Å²) < 4.78 is 21.5. The van der Waals surface area contributed by atoms with Gasteiger partial charge in [0.05, 0.1) is 32.9 Å². The average Bonchev–Trinajstić information content (AvgIpc) is 2.55. The van der Waals surface area contributed by atoms with Crippen LogP contribution in [-0.4, -0.2) is 27.6 Å². The molecule has 0 amide bonds. The molecule has 0 bridgehead atoms. The van der Waals surface area contributed by atoms with Gasteiger partial charge in [0.2, 0.25) is 5.75 Å². The summed E-state index contributed by atoms with van der Waals surface area (Å²) in [4.78, 5) is 0. The van der Waals surface area contributed by atoms with Gasteiger partial charge in [0.1, 0.15) is 0 Å². The molecular weight excluding hydrogens is 302 g/mol. The lowest BCUT2D eigenvalue weighted by molar-refractivity contribution is 0.324. The molecule has 0 unspecified atom stereocenters. The number of ether oxygens (including phenoxy) is 3. The van der Waals surface area contributed by atoms with Gasteiger partial charge in [-0.2, -0.15) is 0 Å². The number of hydrogen-bond acceptors (Lipinski definition) is 6. The van der Waals surface area contributed by atoms with E-state index in [9.17, 15) is 0 Å². The number of nitrogens with one attached hydrogen (secondary N) is 1. The second kappa shape index (κ2) is 7.26. The zero-order chi connectivity index (χ0) is 16.1. The van der Waals surface area contributed by atoms with E-state index < -0.39 is 0 Å². The molecule has 22 heavy (non-hydrogen) atoms. The van der Waals surface area contributed by atoms with Gasteiger partial charge in [-0.1, -0.05) is 11.8 Å². The van der Waals surface area contributed by atoms with Gasteiger partial charge in [-0.3, -0.25) is 0 Å². The Balaban J connectivity index is 2.39. The average molecular weight is 321 g/mol. The van der Waals surface area contributed by atoms with E-state index in [0.29, 0.717) is 29.0 Å². The van der Waals surface area contributed by atoms with Crippen molar-refractivity contribution in [3.8, 4) is 17.2 Å². The van der Waals surface area contributed by atoms with Crippen LogP contribution < -0.4 is 19.6 Å². The fourth-order valence-electron chi connectivity index (χ4n) is 2.14. The Morgan fingerprint density at radius 1 is 1.05 bits per heavy atom. The summed E-state index contributed by atoms with van der Waals surface area (Å²) in [6.07, 6.45) is 4.09. The Morgan fingerprint density at radius 3 is 2.14 bits per heavy atom. The predicted molar refractivity (Wildman–Crippen MR) is 85.2 cm³/mol. The molecule has 6 heteroatoms. The first-order valence-corrected chi connectivity index (χ1v) is 7.84. The molecule has 0 aliphatic rings. The maximum absolute atomic E-state index is 8.08. The van der Waals surface area contributed by atoms with E-state index in [-0.39, 0.29) is 0 Å². The number of hydrogen-bond donors (Lipinski definition) is 1. The smallest absolute Gasteiger partial charge is 0.203 e. The van der Waals surface area contributed by atoms with E-state index in [2.05, 4.69) is 0 Å². The number of thioether (sulfide) groups is 1. The molecule has 118 valence electrons. The van der Waals surface area contributed by atoms with Gasteiger partial charge in [0.15, 0.2) is 16.6 Å². The summed E-state index contributed by atoms with van der Waals surface area (Å²) in [5.74, 6) is 1.75. The van der Waals surface area contributed by atoms with Crippen molar-refractivity contribution in [3.05, 3.63) is 40.9 Å². The highest BCUT2D eigenvalue weighted by atomic mass is 32.2. The van der Waals surface area contributed by atoms with Crippen molar-refractivity contribution in [1.82, 2.24) is 0 Å². The Morgan fingerprint density at radius 2 is 1.68 bits per heavy atom. The monoisotopic (exact) mass is 321 g/mol. The zero-order valence-electron chi connectivity index (χ0n) is 13.1. The lowest BCUT2D eigenvalue weighted by Gasteiger charge is -2.14. The van der Waals surface area contributed by atoms with Crippen molar-refractivity contribution in [3.63, 3.8) is 0 Å². The molecule has 0 saturated heterocycles. The second-order valence-electron chi connectivity index (χ2n) is 4.55. The molecule has 0 atom stereocenters. The highest BCUT2D eigenvalue weighted by molar-refractivity contribution is 7.98. The van der Waals surface area contributed by atoms with Crippen LogP contribution in [0.25, 0.3) is 0 Å². The molecule has 2 aromatic rings. The molecule has 1 aromatic heterocycles. The topological polar surface area (TPSA) is 64.7 Å². The minimum absolute atomic E-state index is 0.448. The summed E-state index contributed by atoms with van der Waals surface area (Å²) in [7, 11) is 4.74. The van der Waals surface area contributed by atoms with Gasteiger partial charge in [0, 0.05) is 18.1 Å². The lowest BCUT2D eigenvalue weighted by Crippen LogP contribution is -2.08. The summed E-state index contributed by atoms with van der Waals surface area (Å²) in [6.45, 7) is 0. The molecule has 2 rings (SSSR count). The van der Waals surface area contributed by atoms with Gasteiger partial charge in [-0.25, -0.2) is 0 Å². The van der Waals surface area contributed by atoms with Gasteiger partial charge in [0.25, 0.3) is 0 Å². The Kier molecular flexibility index (Phi) is 5.38. The van der Waals surface area contributed by atoms with E-state index in [0.717, 1.165) is 16.2 Å². The summed E-state index contributed by atoms with van der Waals surface area (Å²) in [5, 5.41) is 9.25. The molecule has 0 fully saturated rings. The quantitative estimate of drug-likeness (QED) is 0.828. The predicted octanol–water partition coefficient (Wildman–Crippen LogP) is 3.10. The molecule has 1 N–H and O–H groups in total. The van der Waals surface area contributed by atoms with Gasteiger partial charge in [-0.05, 0) is 24.0 Å². The SMILES string of the molecule is COc1cc(Cc2coc(SC)cc2=N)cc(OC)c1OC. The maximum atomic E-state index is 8.08. The Bertz CT molecular complexity index is 687. The standard InChI is InChI=1S/C16H19NO4S/c1-18-13-6-10(7-14(19-2)16(13)20-3)5-11-9-21-15(22-4)8-12(11)17/h6-9,17H,5H2,1-4H3. The number of benzene rings is 1. The highest BCUT2D eigenvalue weighted by Gasteiger charge is 2.14. The third-order valence-corrected chi connectivity index (χ3v) is 3.86. The largest absolute Gasteiger partial charge is 0.493 e. The minimum atomic E-state index is 0.448. The first-order chi connectivity index (χ1) is 10.6. The second-order valence-corrected chi connectivity index (χ2v) is 5.36. The molecule has 0 radical (unpaired) electrons. The molecule has 0 spiro atoms. The Labute approximate surface area is 133 Å².